The second-order valence-electron chi connectivity index (χ2n) is 6.70. The number of aliphatic hydroxyl groups is 1. The Hall–Kier alpha value is -2.03. The first-order valence-corrected chi connectivity index (χ1v) is 9.62. The zero-order valence-corrected chi connectivity index (χ0v) is 16.9. The standard InChI is InChI=1S/C18H34N4O5/c1-6-12(7-2)16(22-11(4)23)15-13(20-10-21-19-5)9-14(17(15)24)27-18(25)26-8-3/h10,12-17,19,24H,6-9H2,1-5H3,(H,20,21)(H,22,23)/t13-,14+,15-,16+,17-/m1/s1. The van der Waals surface area contributed by atoms with Crippen LogP contribution in [0, 0.1) is 11.8 Å². The molecule has 0 aliphatic heterocycles. The highest BCUT2D eigenvalue weighted by atomic mass is 16.7. The van der Waals surface area contributed by atoms with Crippen LogP contribution in [0.2, 0.25) is 0 Å². The first kappa shape index (κ1) is 23.0. The average molecular weight is 386 g/mol. The van der Waals surface area contributed by atoms with Crippen molar-refractivity contribution in [3.63, 3.8) is 0 Å². The molecule has 1 amide bonds. The first-order valence-electron chi connectivity index (χ1n) is 9.62. The Morgan fingerprint density at radius 2 is 1.96 bits per heavy atom. The maximum absolute atomic E-state index is 11.8. The third kappa shape index (κ3) is 6.57. The van der Waals surface area contributed by atoms with Crippen LogP contribution in [0.4, 0.5) is 4.79 Å². The number of nitrogens with zero attached hydrogens (tertiary/aromatic N) is 1. The van der Waals surface area contributed by atoms with Gasteiger partial charge in [-0.15, -0.1) is 0 Å². The molecule has 9 nitrogen and oxygen atoms in total. The number of ether oxygens (including phenoxy) is 2. The lowest BCUT2D eigenvalue weighted by Gasteiger charge is -2.36. The SMILES string of the molecule is CCOC(=O)O[C@H]1C[C@@H](NC=NNC)[C@H]([C@@H](NC(C)=O)C(CC)CC)[C@@H]1O. The van der Waals surface area contributed by atoms with E-state index in [9.17, 15) is 14.7 Å². The van der Waals surface area contributed by atoms with Crippen molar-refractivity contribution < 1.29 is 24.2 Å². The first-order chi connectivity index (χ1) is 12.9. The van der Waals surface area contributed by atoms with Crippen LogP contribution in [0.25, 0.3) is 0 Å². The Morgan fingerprint density at radius 3 is 2.48 bits per heavy atom. The summed E-state index contributed by atoms with van der Waals surface area (Å²) in [7, 11) is 1.68. The predicted molar refractivity (Wildman–Crippen MR) is 102 cm³/mol. The maximum atomic E-state index is 11.8. The molecule has 1 aliphatic carbocycles. The fourth-order valence-electron chi connectivity index (χ4n) is 3.83. The van der Waals surface area contributed by atoms with Crippen molar-refractivity contribution in [3.8, 4) is 0 Å². The molecule has 9 heteroatoms. The second-order valence-corrected chi connectivity index (χ2v) is 6.70. The quantitative estimate of drug-likeness (QED) is 0.191. The summed E-state index contributed by atoms with van der Waals surface area (Å²) < 4.78 is 10.1. The molecule has 0 bridgehead atoms. The van der Waals surface area contributed by atoms with Gasteiger partial charge in [0.25, 0.3) is 0 Å². The normalized spacial score (nSPS) is 26.0. The highest BCUT2D eigenvalue weighted by Gasteiger charge is 2.49. The van der Waals surface area contributed by atoms with Crippen LogP contribution < -0.4 is 16.1 Å². The lowest BCUT2D eigenvalue weighted by Crippen LogP contribution is -2.53. The van der Waals surface area contributed by atoms with Gasteiger partial charge in [-0.25, -0.2) is 4.79 Å². The summed E-state index contributed by atoms with van der Waals surface area (Å²) in [6.07, 6.45) is 1.14. The Morgan fingerprint density at radius 1 is 1.30 bits per heavy atom. The summed E-state index contributed by atoms with van der Waals surface area (Å²) in [5.41, 5.74) is 2.65. The van der Waals surface area contributed by atoms with Crippen molar-refractivity contribution in [2.45, 2.75) is 71.2 Å². The van der Waals surface area contributed by atoms with Crippen molar-refractivity contribution in [1.29, 1.82) is 0 Å². The van der Waals surface area contributed by atoms with Crippen molar-refractivity contribution in [2.75, 3.05) is 13.7 Å². The Labute approximate surface area is 161 Å². The molecule has 0 unspecified atom stereocenters. The monoisotopic (exact) mass is 386 g/mol. The lowest BCUT2D eigenvalue weighted by atomic mass is 9.81. The number of hydrogen-bond acceptors (Lipinski definition) is 7. The molecule has 0 aromatic carbocycles. The van der Waals surface area contributed by atoms with Gasteiger partial charge in [-0.3, -0.25) is 4.79 Å². The van der Waals surface area contributed by atoms with Gasteiger partial charge < -0.3 is 30.6 Å². The topological polar surface area (TPSA) is 121 Å². The van der Waals surface area contributed by atoms with E-state index in [-0.39, 0.29) is 36.4 Å². The predicted octanol–water partition coefficient (Wildman–Crippen LogP) is 0.971. The number of nitrogens with one attached hydrogen (secondary N) is 3. The highest BCUT2D eigenvalue weighted by molar-refractivity contribution is 5.73. The number of amides is 1. The number of carbonyl (C=O) groups excluding carboxylic acids is 2. The van der Waals surface area contributed by atoms with Gasteiger partial charge >= 0.3 is 6.16 Å². The van der Waals surface area contributed by atoms with Crippen LogP contribution in [-0.4, -0.2) is 61.5 Å². The molecule has 0 saturated heterocycles. The number of hydrazone groups is 1. The van der Waals surface area contributed by atoms with E-state index < -0.39 is 18.4 Å². The van der Waals surface area contributed by atoms with Crippen molar-refractivity contribution in [1.82, 2.24) is 16.1 Å². The van der Waals surface area contributed by atoms with Crippen molar-refractivity contribution in [3.05, 3.63) is 0 Å². The van der Waals surface area contributed by atoms with Crippen molar-refractivity contribution in [2.24, 2.45) is 16.9 Å². The van der Waals surface area contributed by atoms with Crippen molar-refractivity contribution >= 4 is 18.4 Å². The highest BCUT2D eigenvalue weighted by Crippen LogP contribution is 2.35. The van der Waals surface area contributed by atoms with Crippen LogP contribution in [-0.2, 0) is 14.3 Å². The molecule has 0 aromatic rings. The Bertz CT molecular complexity index is 498. The maximum Gasteiger partial charge on any atom is 0.508 e. The van der Waals surface area contributed by atoms with E-state index in [1.54, 1.807) is 14.0 Å². The molecule has 0 aromatic heterocycles. The molecule has 27 heavy (non-hydrogen) atoms. The Balaban J connectivity index is 3.09. The molecule has 0 radical (unpaired) electrons. The molecule has 0 heterocycles. The molecule has 156 valence electrons. The van der Waals surface area contributed by atoms with E-state index in [2.05, 4.69) is 35.0 Å². The minimum absolute atomic E-state index is 0.156. The smallest absolute Gasteiger partial charge is 0.435 e. The van der Waals surface area contributed by atoms with E-state index in [1.807, 2.05) is 0 Å². The van der Waals surface area contributed by atoms with Crippen LogP contribution >= 0.6 is 0 Å². The van der Waals surface area contributed by atoms with E-state index >= 15 is 0 Å². The number of aliphatic hydroxyl groups excluding tert-OH is 1. The van der Waals surface area contributed by atoms with Crippen LogP contribution in [0.5, 0.6) is 0 Å². The molecule has 5 atom stereocenters. The van der Waals surface area contributed by atoms with E-state index in [4.69, 9.17) is 9.47 Å². The molecule has 0 spiro atoms. The third-order valence-corrected chi connectivity index (χ3v) is 5.06. The van der Waals surface area contributed by atoms with Gasteiger partial charge in [-0.05, 0) is 12.8 Å². The van der Waals surface area contributed by atoms with E-state index in [1.165, 1.54) is 13.3 Å². The zero-order chi connectivity index (χ0) is 20.4. The van der Waals surface area contributed by atoms with Gasteiger partial charge in [0.05, 0.1) is 12.7 Å². The molecule has 1 rings (SSSR count). The number of hydrogen-bond donors (Lipinski definition) is 4. The van der Waals surface area contributed by atoms with Crippen LogP contribution in [0.15, 0.2) is 5.10 Å². The summed E-state index contributed by atoms with van der Waals surface area (Å²) in [4.78, 5) is 23.5. The molecule has 4 N–H and O–H groups in total. The van der Waals surface area contributed by atoms with Gasteiger partial charge in [0.1, 0.15) is 12.4 Å². The lowest BCUT2D eigenvalue weighted by molar-refractivity contribution is -0.121. The summed E-state index contributed by atoms with van der Waals surface area (Å²) >= 11 is 0. The third-order valence-electron chi connectivity index (χ3n) is 5.06. The van der Waals surface area contributed by atoms with Gasteiger partial charge in [-0.1, -0.05) is 26.7 Å². The zero-order valence-electron chi connectivity index (χ0n) is 16.9. The summed E-state index contributed by atoms with van der Waals surface area (Å²) in [5, 5.41) is 21.0. The molecular weight excluding hydrogens is 352 g/mol. The fraction of sp³-hybridized carbons (Fsp3) is 0.833. The molecule has 1 saturated carbocycles. The summed E-state index contributed by atoms with van der Waals surface area (Å²) in [6.45, 7) is 7.47. The number of rotatable bonds is 10. The minimum Gasteiger partial charge on any atom is -0.435 e. The molecule has 1 aliphatic rings. The van der Waals surface area contributed by atoms with E-state index in [0.717, 1.165) is 12.8 Å². The van der Waals surface area contributed by atoms with Gasteiger partial charge in [0, 0.05) is 38.4 Å². The van der Waals surface area contributed by atoms with Crippen LogP contribution in [0.3, 0.4) is 0 Å². The minimum atomic E-state index is -0.938. The molecular formula is C18H34N4O5. The van der Waals surface area contributed by atoms with Gasteiger partial charge in [0.15, 0.2) is 0 Å². The largest absolute Gasteiger partial charge is 0.508 e. The van der Waals surface area contributed by atoms with E-state index in [0.29, 0.717) is 6.42 Å². The van der Waals surface area contributed by atoms with Gasteiger partial charge in [0.2, 0.25) is 5.91 Å². The summed E-state index contributed by atoms with van der Waals surface area (Å²) in [6, 6.07) is -0.488. The average Bonchev–Trinajstić information content (AvgIpc) is 2.90. The second kappa shape index (κ2) is 11.6. The summed E-state index contributed by atoms with van der Waals surface area (Å²) in [5.74, 6) is -0.321. The Kier molecular flexibility index (Phi) is 9.92. The van der Waals surface area contributed by atoms with Gasteiger partial charge in [-0.2, -0.15) is 5.10 Å². The number of carbonyl (C=O) groups is 2. The molecule has 1 fully saturated rings. The van der Waals surface area contributed by atoms with Crippen LogP contribution in [0.1, 0.15) is 47.0 Å². The fourth-order valence-corrected chi connectivity index (χ4v) is 3.83.